The van der Waals surface area contributed by atoms with Crippen molar-refractivity contribution < 1.29 is 18.7 Å². The first-order valence-electron chi connectivity index (χ1n) is 10.3. The predicted molar refractivity (Wildman–Crippen MR) is 116 cm³/mol. The molecule has 5 rings (SSSR count). The number of nitrogens with one attached hydrogen (secondary N) is 2. The Bertz CT molecular complexity index is 1180. The maximum Gasteiger partial charge on any atom is 0.323 e. The highest BCUT2D eigenvalue weighted by Crippen LogP contribution is 2.47. The van der Waals surface area contributed by atoms with Crippen LogP contribution in [0.25, 0.3) is 10.3 Å². The Morgan fingerprint density at radius 2 is 2.03 bits per heavy atom. The van der Waals surface area contributed by atoms with Gasteiger partial charge < -0.3 is 15.0 Å². The van der Waals surface area contributed by atoms with Crippen molar-refractivity contribution in [3.63, 3.8) is 0 Å². The molecule has 4 heterocycles. The van der Waals surface area contributed by atoms with E-state index >= 15 is 0 Å². The monoisotopic (exact) mass is 456 g/mol. The lowest BCUT2D eigenvalue weighted by molar-refractivity contribution is -0.130. The van der Waals surface area contributed by atoms with Gasteiger partial charge in [-0.3, -0.25) is 10.1 Å². The van der Waals surface area contributed by atoms with Gasteiger partial charge in [-0.15, -0.1) is 0 Å². The van der Waals surface area contributed by atoms with Crippen LogP contribution in [-0.4, -0.2) is 58.5 Å². The summed E-state index contributed by atoms with van der Waals surface area (Å²) in [6.45, 7) is 1.39. The van der Waals surface area contributed by atoms with Crippen LogP contribution in [0.1, 0.15) is 24.3 Å². The lowest BCUT2D eigenvalue weighted by Gasteiger charge is -2.40. The number of piperidine rings is 1. The van der Waals surface area contributed by atoms with Gasteiger partial charge in [0.25, 0.3) is 0 Å². The summed E-state index contributed by atoms with van der Waals surface area (Å²) in [5, 5.41) is 6.20. The quantitative estimate of drug-likeness (QED) is 0.627. The second-order valence-electron chi connectivity index (χ2n) is 7.94. The molecule has 11 heteroatoms. The number of urea groups is 1. The minimum atomic E-state index is -0.590. The van der Waals surface area contributed by atoms with Crippen molar-refractivity contribution in [2.75, 3.05) is 32.1 Å². The van der Waals surface area contributed by atoms with Gasteiger partial charge in [-0.05, 0) is 30.5 Å². The zero-order chi connectivity index (χ0) is 22.3. The van der Waals surface area contributed by atoms with Crippen LogP contribution >= 0.6 is 11.3 Å². The number of amides is 3. The van der Waals surface area contributed by atoms with E-state index in [1.165, 1.54) is 36.9 Å². The normalized spacial score (nSPS) is 19.9. The molecular formula is C21H21FN6O3S. The van der Waals surface area contributed by atoms with Crippen molar-refractivity contribution in [3.05, 3.63) is 42.0 Å². The minimum absolute atomic E-state index is 0.00345. The van der Waals surface area contributed by atoms with E-state index in [1.54, 1.807) is 17.0 Å². The third-order valence-electron chi connectivity index (χ3n) is 6.37. The summed E-state index contributed by atoms with van der Waals surface area (Å²) in [6.07, 6.45) is 2.46. The number of fused-ring (bicyclic) bond motifs is 1. The molecule has 166 valence electrons. The van der Waals surface area contributed by atoms with Crippen LogP contribution in [-0.2, 0) is 4.79 Å². The Labute approximate surface area is 187 Å². The Kier molecular flexibility index (Phi) is 5.12. The van der Waals surface area contributed by atoms with E-state index in [-0.39, 0.29) is 23.7 Å². The molecule has 1 unspecified atom stereocenters. The topological polar surface area (TPSA) is 109 Å². The average Bonchev–Trinajstić information content (AvgIpc) is 3.35. The SMILES string of the molecule is COc1ncnc2sc(NC(=O)N3CCC4(CC3)C(=O)NCC4c3ccc(F)cc3)nc12. The number of ether oxygens (including phenoxy) is 1. The zero-order valence-electron chi connectivity index (χ0n) is 17.3. The molecule has 3 aromatic rings. The summed E-state index contributed by atoms with van der Waals surface area (Å²) in [5.41, 5.74) is 0.845. The van der Waals surface area contributed by atoms with E-state index in [0.29, 0.717) is 53.8 Å². The van der Waals surface area contributed by atoms with E-state index in [9.17, 15) is 14.0 Å². The molecule has 2 aliphatic heterocycles. The number of rotatable bonds is 3. The number of likely N-dealkylation sites (tertiary alicyclic amines) is 1. The van der Waals surface area contributed by atoms with Crippen LogP contribution in [0.4, 0.5) is 14.3 Å². The van der Waals surface area contributed by atoms with Gasteiger partial charge in [0.1, 0.15) is 12.1 Å². The number of hydrogen-bond donors (Lipinski definition) is 2. The lowest BCUT2D eigenvalue weighted by Crippen LogP contribution is -2.49. The van der Waals surface area contributed by atoms with Crippen molar-refractivity contribution >= 4 is 38.8 Å². The summed E-state index contributed by atoms with van der Waals surface area (Å²) in [7, 11) is 1.50. The van der Waals surface area contributed by atoms with Gasteiger partial charge in [0.15, 0.2) is 15.5 Å². The van der Waals surface area contributed by atoms with E-state index in [0.717, 1.165) is 5.56 Å². The summed E-state index contributed by atoms with van der Waals surface area (Å²) in [5.74, 6) is 0.00982. The van der Waals surface area contributed by atoms with Gasteiger partial charge in [0.05, 0.1) is 12.5 Å². The van der Waals surface area contributed by atoms with Crippen LogP contribution in [0.3, 0.4) is 0 Å². The second kappa shape index (κ2) is 7.97. The molecule has 0 aliphatic carbocycles. The molecule has 2 saturated heterocycles. The van der Waals surface area contributed by atoms with Gasteiger partial charge in [-0.25, -0.2) is 19.2 Å². The van der Waals surface area contributed by atoms with Crippen LogP contribution in [0, 0.1) is 11.2 Å². The Morgan fingerprint density at radius 1 is 1.28 bits per heavy atom. The highest BCUT2D eigenvalue weighted by atomic mass is 32.1. The number of anilines is 1. The second-order valence-corrected chi connectivity index (χ2v) is 8.92. The van der Waals surface area contributed by atoms with Crippen molar-refractivity contribution in [2.45, 2.75) is 18.8 Å². The molecule has 0 saturated carbocycles. The first-order valence-corrected chi connectivity index (χ1v) is 11.1. The Hall–Kier alpha value is -3.34. The molecule has 0 bridgehead atoms. The molecule has 2 aliphatic rings. The first kappa shape index (κ1) is 20.6. The van der Waals surface area contributed by atoms with Gasteiger partial charge in [0, 0.05) is 25.6 Å². The van der Waals surface area contributed by atoms with Gasteiger partial charge >= 0.3 is 6.03 Å². The number of thiazole rings is 1. The molecule has 0 radical (unpaired) electrons. The van der Waals surface area contributed by atoms with Crippen molar-refractivity contribution in [1.82, 2.24) is 25.2 Å². The fraction of sp³-hybridized carbons (Fsp3) is 0.381. The number of halogens is 1. The number of nitrogens with zero attached hydrogens (tertiary/aromatic N) is 4. The minimum Gasteiger partial charge on any atom is -0.479 e. The van der Waals surface area contributed by atoms with E-state index < -0.39 is 5.41 Å². The Morgan fingerprint density at radius 3 is 2.75 bits per heavy atom. The van der Waals surface area contributed by atoms with E-state index in [4.69, 9.17) is 4.74 Å². The number of methoxy groups -OCH3 is 1. The van der Waals surface area contributed by atoms with Crippen molar-refractivity contribution in [3.8, 4) is 5.88 Å². The molecule has 3 amide bonds. The zero-order valence-corrected chi connectivity index (χ0v) is 18.1. The highest BCUT2D eigenvalue weighted by molar-refractivity contribution is 7.22. The summed E-state index contributed by atoms with van der Waals surface area (Å²) < 4.78 is 18.6. The molecule has 2 aromatic heterocycles. The van der Waals surface area contributed by atoms with Crippen LogP contribution in [0.15, 0.2) is 30.6 Å². The largest absolute Gasteiger partial charge is 0.479 e. The molecule has 32 heavy (non-hydrogen) atoms. The lowest BCUT2D eigenvalue weighted by atomic mass is 9.68. The molecule has 1 aromatic carbocycles. The van der Waals surface area contributed by atoms with Crippen LogP contribution in [0.2, 0.25) is 0 Å². The van der Waals surface area contributed by atoms with Crippen LogP contribution < -0.4 is 15.4 Å². The molecule has 1 atom stereocenters. The summed E-state index contributed by atoms with van der Waals surface area (Å²) in [6, 6.07) is 6.05. The Balaban J connectivity index is 1.29. The van der Waals surface area contributed by atoms with Crippen molar-refractivity contribution in [2.24, 2.45) is 5.41 Å². The van der Waals surface area contributed by atoms with E-state index in [2.05, 4.69) is 25.6 Å². The van der Waals surface area contributed by atoms with Gasteiger partial charge in [-0.1, -0.05) is 23.5 Å². The molecule has 2 N–H and O–H groups in total. The average molecular weight is 457 g/mol. The maximum absolute atomic E-state index is 13.4. The highest BCUT2D eigenvalue weighted by Gasteiger charge is 2.52. The standard InChI is InChI=1S/C21H21FN6O3S/c1-31-16-15-17(25-11-24-16)32-19(26-15)27-20(30)28-8-6-21(7-9-28)14(10-23-18(21)29)12-2-4-13(22)5-3-12/h2-5,11,14H,6-10H2,1H3,(H,23,29)(H,26,27,30). The molecule has 2 fully saturated rings. The number of aromatic nitrogens is 3. The maximum atomic E-state index is 13.4. The van der Waals surface area contributed by atoms with Gasteiger partial charge in [0.2, 0.25) is 11.8 Å². The number of hydrogen-bond acceptors (Lipinski definition) is 7. The molecule has 9 nitrogen and oxygen atoms in total. The third kappa shape index (κ3) is 3.42. The summed E-state index contributed by atoms with van der Waals surface area (Å²) in [4.78, 5) is 40.5. The smallest absolute Gasteiger partial charge is 0.323 e. The molecular weight excluding hydrogens is 435 g/mol. The van der Waals surface area contributed by atoms with E-state index in [1.807, 2.05) is 0 Å². The van der Waals surface area contributed by atoms with Crippen LogP contribution in [0.5, 0.6) is 5.88 Å². The fourth-order valence-corrected chi connectivity index (χ4v) is 5.44. The predicted octanol–water partition coefficient (Wildman–Crippen LogP) is 2.76. The number of carbonyl (C=O) groups is 2. The molecule has 1 spiro atoms. The van der Waals surface area contributed by atoms with Crippen molar-refractivity contribution in [1.29, 1.82) is 0 Å². The first-order chi connectivity index (χ1) is 15.5. The fourth-order valence-electron chi connectivity index (χ4n) is 4.65. The van der Waals surface area contributed by atoms with Gasteiger partial charge in [-0.2, -0.15) is 4.98 Å². The number of carbonyl (C=O) groups excluding carboxylic acids is 2. The summed E-state index contributed by atoms with van der Waals surface area (Å²) >= 11 is 1.24. The number of benzene rings is 1. The third-order valence-corrected chi connectivity index (χ3v) is 7.25.